The number of carboxylic acids is 1. The molecule has 0 radical (unpaired) electrons. The molecule has 1 aromatic rings. The number of ether oxygens (including phenoxy) is 1. The SMILES string of the molecule is Cc1cccc(OCC(=O)NC[C@H](O)C(=O)O)c1. The number of carboxylic acid groups (broad SMARTS) is 1. The second-order valence-electron chi connectivity index (χ2n) is 3.76. The molecule has 1 amide bonds. The van der Waals surface area contributed by atoms with Crippen LogP contribution in [-0.4, -0.2) is 41.3 Å². The van der Waals surface area contributed by atoms with Gasteiger partial charge in [0.15, 0.2) is 12.7 Å². The molecule has 6 nitrogen and oxygen atoms in total. The lowest BCUT2D eigenvalue weighted by atomic mass is 10.2. The van der Waals surface area contributed by atoms with Gasteiger partial charge < -0.3 is 20.3 Å². The second kappa shape index (κ2) is 6.61. The average Bonchev–Trinajstić information content (AvgIpc) is 2.33. The van der Waals surface area contributed by atoms with Crippen LogP contribution >= 0.6 is 0 Å². The molecule has 3 N–H and O–H groups in total. The van der Waals surface area contributed by atoms with Crippen LogP contribution in [0.3, 0.4) is 0 Å². The molecular weight excluding hydrogens is 238 g/mol. The quantitative estimate of drug-likeness (QED) is 0.660. The van der Waals surface area contributed by atoms with E-state index in [1.807, 2.05) is 13.0 Å². The van der Waals surface area contributed by atoms with E-state index in [0.717, 1.165) is 5.56 Å². The lowest BCUT2D eigenvalue weighted by molar-refractivity contribution is -0.146. The summed E-state index contributed by atoms with van der Waals surface area (Å²) in [5.41, 5.74) is 1.01. The molecule has 1 atom stereocenters. The molecule has 0 saturated heterocycles. The molecule has 0 heterocycles. The minimum Gasteiger partial charge on any atom is -0.484 e. The van der Waals surface area contributed by atoms with Crippen molar-refractivity contribution in [1.29, 1.82) is 0 Å². The van der Waals surface area contributed by atoms with E-state index >= 15 is 0 Å². The number of aryl methyl sites for hydroxylation is 1. The Labute approximate surface area is 104 Å². The normalized spacial score (nSPS) is 11.7. The molecule has 0 unspecified atom stereocenters. The molecule has 0 aliphatic heterocycles. The molecule has 1 rings (SSSR count). The van der Waals surface area contributed by atoms with E-state index in [1.54, 1.807) is 18.2 Å². The molecule has 98 valence electrons. The zero-order valence-corrected chi connectivity index (χ0v) is 9.92. The third kappa shape index (κ3) is 4.84. The highest BCUT2D eigenvalue weighted by atomic mass is 16.5. The second-order valence-corrected chi connectivity index (χ2v) is 3.76. The van der Waals surface area contributed by atoms with Crippen molar-refractivity contribution < 1.29 is 24.5 Å². The Morgan fingerprint density at radius 2 is 2.17 bits per heavy atom. The van der Waals surface area contributed by atoms with E-state index in [1.165, 1.54) is 0 Å². The van der Waals surface area contributed by atoms with E-state index in [4.69, 9.17) is 14.9 Å². The van der Waals surface area contributed by atoms with Crippen molar-refractivity contribution in [2.75, 3.05) is 13.2 Å². The molecule has 6 heteroatoms. The van der Waals surface area contributed by atoms with Crippen LogP contribution in [0, 0.1) is 6.92 Å². The van der Waals surface area contributed by atoms with E-state index in [-0.39, 0.29) is 13.2 Å². The molecule has 1 aromatic carbocycles. The Morgan fingerprint density at radius 1 is 1.44 bits per heavy atom. The molecule has 0 aliphatic rings. The van der Waals surface area contributed by atoms with Gasteiger partial charge >= 0.3 is 5.97 Å². The van der Waals surface area contributed by atoms with Crippen LogP contribution in [0.25, 0.3) is 0 Å². The number of hydrogen-bond acceptors (Lipinski definition) is 4. The first kappa shape index (κ1) is 14.0. The number of nitrogens with one attached hydrogen (secondary N) is 1. The van der Waals surface area contributed by atoms with Crippen molar-refractivity contribution in [1.82, 2.24) is 5.32 Å². The third-order valence-electron chi connectivity index (χ3n) is 2.14. The maximum absolute atomic E-state index is 11.3. The van der Waals surface area contributed by atoms with Gasteiger partial charge in [0.05, 0.1) is 6.54 Å². The largest absolute Gasteiger partial charge is 0.484 e. The summed E-state index contributed by atoms with van der Waals surface area (Å²) in [6.07, 6.45) is -1.60. The van der Waals surface area contributed by atoms with Gasteiger partial charge in [-0.2, -0.15) is 0 Å². The molecular formula is C12H15NO5. The minimum absolute atomic E-state index is 0.226. The summed E-state index contributed by atoms with van der Waals surface area (Å²) in [6, 6.07) is 7.19. The van der Waals surface area contributed by atoms with Crippen LogP contribution in [0.2, 0.25) is 0 Å². The van der Waals surface area contributed by atoms with Gasteiger partial charge in [0.2, 0.25) is 0 Å². The maximum atomic E-state index is 11.3. The summed E-state index contributed by atoms with van der Waals surface area (Å²) in [5, 5.41) is 19.6. The highest BCUT2D eigenvalue weighted by molar-refractivity contribution is 5.79. The fraction of sp³-hybridized carbons (Fsp3) is 0.333. The van der Waals surface area contributed by atoms with Crippen LogP contribution in [0.4, 0.5) is 0 Å². The highest BCUT2D eigenvalue weighted by Crippen LogP contribution is 2.11. The third-order valence-corrected chi connectivity index (χ3v) is 2.14. The van der Waals surface area contributed by atoms with Gasteiger partial charge in [-0.15, -0.1) is 0 Å². The van der Waals surface area contributed by atoms with E-state index in [2.05, 4.69) is 5.32 Å². The summed E-state index contributed by atoms with van der Waals surface area (Å²) in [7, 11) is 0. The summed E-state index contributed by atoms with van der Waals surface area (Å²) in [6.45, 7) is 1.33. The van der Waals surface area contributed by atoms with Crippen molar-refractivity contribution in [2.24, 2.45) is 0 Å². The van der Waals surface area contributed by atoms with Crippen LogP contribution in [0.1, 0.15) is 5.56 Å². The van der Waals surface area contributed by atoms with Gasteiger partial charge in [0.25, 0.3) is 5.91 Å². The van der Waals surface area contributed by atoms with Crippen molar-refractivity contribution in [3.8, 4) is 5.75 Å². The molecule has 0 aromatic heterocycles. The first-order chi connectivity index (χ1) is 8.49. The van der Waals surface area contributed by atoms with Gasteiger partial charge in [0, 0.05) is 0 Å². The number of carbonyl (C=O) groups excluding carboxylic acids is 1. The smallest absolute Gasteiger partial charge is 0.334 e. The number of carbonyl (C=O) groups is 2. The summed E-state index contributed by atoms with van der Waals surface area (Å²) in [4.78, 5) is 21.6. The average molecular weight is 253 g/mol. The van der Waals surface area contributed by atoms with E-state index in [0.29, 0.717) is 5.75 Å². The minimum atomic E-state index is -1.60. The number of rotatable bonds is 6. The number of hydrogen-bond donors (Lipinski definition) is 3. The Bertz CT molecular complexity index is 432. The van der Waals surface area contributed by atoms with E-state index < -0.39 is 18.0 Å². The molecule has 0 spiro atoms. The van der Waals surface area contributed by atoms with Crippen molar-refractivity contribution in [3.05, 3.63) is 29.8 Å². The van der Waals surface area contributed by atoms with Gasteiger partial charge in [-0.05, 0) is 24.6 Å². The monoisotopic (exact) mass is 253 g/mol. The number of aliphatic hydroxyl groups is 1. The molecule has 18 heavy (non-hydrogen) atoms. The first-order valence-corrected chi connectivity index (χ1v) is 5.36. The topological polar surface area (TPSA) is 95.9 Å². The van der Waals surface area contributed by atoms with Gasteiger partial charge in [-0.1, -0.05) is 12.1 Å². The first-order valence-electron chi connectivity index (χ1n) is 5.36. The predicted molar refractivity (Wildman–Crippen MR) is 63.3 cm³/mol. The zero-order valence-electron chi connectivity index (χ0n) is 9.92. The van der Waals surface area contributed by atoms with Crippen LogP contribution < -0.4 is 10.1 Å². The summed E-state index contributed by atoms with van der Waals surface area (Å²) in [5.74, 6) is -1.31. The summed E-state index contributed by atoms with van der Waals surface area (Å²) >= 11 is 0. The van der Waals surface area contributed by atoms with Gasteiger partial charge in [-0.25, -0.2) is 4.79 Å². The standard InChI is InChI=1S/C12H15NO5/c1-8-3-2-4-9(5-8)18-7-11(15)13-6-10(14)12(16)17/h2-5,10,14H,6-7H2,1H3,(H,13,15)(H,16,17)/t10-/m0/s1. The lowest BCUT2D eigenvalue weighted by Crippen LogP contribution is -2.38. The van der Waals surface area contributed by atoms with E-state index in [9.17, 15) is 9.59 Å². The Balaban J connectivity index is 2.31. The van der Waals surface area contributed by atoms with Crippen molar-refractivity contribution in [3.63, 3.8) is 0 Å². The number of aliphatic carboxylic acids is 1. The molecule has 0 fully saturated rings. The summed E-state index contributed by atoms with van der Waals surface area (Å²) < 4.78 is 5.20. The fourth-order valence-electron chi connectivity index (χ4n) is 1.20. The highest BCUT2D eigenvalue weighted by Gasteiger charge is 2.14. The zero-order chi connectivity index (χ0) is 13.5. The Hall–Kier alpha value is -2.08. The van der Waals surface area contributed by atoms with Gasteiger partial charge in [0.1, 0.15) is 5.75 Å². The lowest BCUT2D eigenvalue weighted by Gasteiger charge is -2.09. The number of benzene rings is 1. The van der Waals surface area contributed by atoms with Gasteiger partial charge in [-0.3, -0.25) is 4.79 Å². The maximum Gasteiger partial charge on any atom is 0.334 e. The molecule has 0 aliphatic carbocycles. The predicted octanol–water partition coefficient (Wildman–Crippen LogP) is -0.0645. The number of aliphatic hydroxyl groups excluding tert-OH is 1. The Morgan fingerprint density at radius 3 is 2.78 bits per heavy atom. The Kier molecular flexibility index (Phi) is 5.13. The van der Waals surface area contributed by atoms with Crippen LogP contribution in [0.5, 0.6) is 5.75 Å². The van der Waals surface area contributed by atoms with Crippen LogP contribution in [0.15, 0.2) is 24.3 Å². The van der Waals surface area contributed by atoms with Crippen molar-refractivity contribution in [2.45, 2.75) is 13.0 Å². The number of amides is 1. The molecule has 0 bridgehead atoms. The fourth-order valence-corrected chi connectivity index (χ4v) is 1.20. The van der Waals surface area contributed by atoms with Crippen molar-refractivity contribution >= 4 is 11.9 Å². The van der Waals surface area contributed by atoms with Crippen LogP contribution in [-0.2, 0) is 9.59 Å². The molecule has 0 saturated carbocycles.